The maximum atomic E-state index is 6.57. The smallest absolute Gasteiger partial charge is 0.229 e. The molecule has 6 rings (SSSR count). The highest BCUT2D eigenvalue weighted by molar-refractivity contribution is 5.98. The predicted molar refractivity (Wildman–Crippen MR) is 142 cm³/mol. The molecule has 1 saturated carbocycles. The minimum Gasteiger partial charge on any atom is -0.349 e. The molecule has 5 aromatic rings. The van der Waals surface area contributed by atoms with E-state index in [0.717, 1.165) is 57.7 Å². The summed E-state index contributed by atoms with van der Waals surface area (Å²) in [5.41, 5.74) is 13.4. The van der Waals surface area contributed by atoms with E-state index < -0.39 is 0 Å². The summed E-state index contributed by atoms with van der Waals surface area (Å²) in [6.45, 7) is 6.33. The zero-order chi connectivity index (χ0) is 24.2. The number of hydrogen-bond acceptors (Lipinski definition) is 5. The molecule has 0 aliphatic heterocycles. The molecular formula is C29H30N6. The number of fused-ring (bicyclic) bond motifs is 3. The quantitative estimate of drug-likeness (QED) is 0.334. The van der Waals surface area contributed by atoms with E-state index in [1.54, 1.807) is 0 Å². The molecule has 0 spiro atoms. The highest BCUT2D eigenvalue weighted by Crippen LogP contribution is 2.40. The van der Waals surface area contributed by atoms with Crippen LogP contribution in [-0.4, -0.2) is 25.1 Å². The molecule has 1 aliphatic carbocycles. The third-order valence-electron chi connectivity index (χ3n) is 6.92. The third kappa shape index (κ3) is 3.84. The lowest BCUT2D eigenvalue weighted by atomic mass is 9.72. The molecule has 0 unspecified atom stereocenters. The molecule has 3 aromatic heterocycles. The zero-order valence-corrected chi connectivity index (χ0v) is 20.4. The van der Waals surface area contributed by atoms with E-state index in [0.29, 0.717) is 0 Å². The van der Waals surface area contributed by atoms with Crippen LogP contribution in [0.25, 0.3) is 38.9 Å². The summed E-state index contributed by atoms with van der Waals surface area (Å²) in [5.74, 6) is 0.724. The summed E-state index contributed by atoms with van der Waals surface area (Å²) >= 11 is 0. The van der Waals surface area contributed by atoms with Crippen molar-refractivity contribution < 1.29 is 0 Å². The van der Waals surface area contributed by atoms with E-state index in [1.807, 2.05) is 22.7 Å². The first-order valence-electron chi connectivity index (χ1n) is 12.2. The Bertz CT molecular complexity index is 1520. The Morgan fingerprint density at radius 1 is 0.914 bits per heavy atom. The van der Waals surface area contributed by atoms with Crippen LogP contribution in [0.5, 0.6) is 0 Å². The van der Waals surface area contributed by atoms with Gasteiger partial charge >= 0.3 is 0 Å². The van der Waals surface area contributed by atoms with Gasteiger partial charge < -0.3 is 11.1 Å². The fourth-order valence-corrected chi connectivity index (χ4v) is 4.88. The molecule has 0 amide bonds. The molecule has 35 heavy (non-hydrogen) atoms. The van der Waals surface area contributed by atoms with Gasteiger partial charge in [-0.25, -0.2) is 4.98 Å². The van der Waals surface area contributed by atoms with Gasteiger partial charge in [0, 0.05) is 33.8 Å². The molecule has 176 valence electrons. The molecule has 3 heterocycles. The number of nitrogens with zero attached hydrogens (tertiary/aromatic N) is 4. The van der Waals surface area contributed by atoms with E-state index in [2.05, 4.69) is 90.9 Å². The second-order valence-electron chi connectivity index (χ2n) is 10.7. The van der Waals surface area contributed by atoms with Gasteiger partial charge in [0.25, 0.3) is 0 Å². The minimum absolute atomic E-state index is 0.122. The van der Waals surface area contributed by atoms with E-state index in [-0.39, 0.29) is 11.1 Å². The van der Waals surface area contributed by atoms with Gasteiger partial charge in [-0.3, -0.25) is 4.40 Å². The van der Waals surface area contributed by atoms with Crippen LogP contribution in [0.15, 0.2) is 72.9 Å². The Labute approximate surface area is 205 Å². The minimum atomic E-state index is -0.171. The Balaban J connectivity index is 1.53. The first-order chi connectivity index (χ1) is 16.8. The van der Waals surface area contributed by atoms with Gasteiger partial charge in [-0.2, -0.15) is 0 Å². The maximum Gasteiger partial charge on any atom is 0.229 e. The van der Waals surface area contributed by atoms with E-state index in [1.165, 1.54) is 12.0 Å². The van der Waals surface area contributed by atoms with Crippen molar-refractivity contribution in [3.63, 3.8) is 0 Å². The first-order valence-corrected chi connectivity index (χ1v) is 12.2. The second kappa shape index (κ2) is 7.89. The largest absolute Gasteiger partial charge is 0.349 e. The Morgan fingerprint density at radius 3 is 2.31 bits per heavy atom. The number of benzene rings is 2. The predicted octanol–water partition coefficient (Wildman–Crippen LogP) is 6.16. The molecule has 0 radical (unpaired) electrons. The van der Waals surface area contributed by atoms with Gasteiger partial charge in [0.1, 0.15) is 0 Å². The summed E-state index contributed by atoms with van der Waals surface area (Å²) in [6.07, 6.45) is 5.29. The molecular weight excluding hydrogens is 432 g/mol. The highest BCUT2D eigenvalue weighted by Gasteiger charge is 2.34. The van der Waals surface area contributed by atoms with Crippen LogP contribution in [0.2, 0.25) is 0 Å². The number of hydrogen-bond donors (Lipinski definition) is 2. The monoisotopic (exact) mass is 462 g/mol. The number of anilines is 1. The highest BCUT2D eigenvalue weighted by atomic mass is 15.3. The van der Waals surface area contributed by atoms with Gasteiger partial charge in [-0.1, -0.05) is 54.6 Å². The fraction of sp³-hybridized carbons (Fsp3) is 0.276. The van der Waals surface area contributed by atoms with Crippen LogP contribution in [0.3, 0.4) is 0 Å². The summed E-state index contributed by atoms with van der Waals surface area (Å²) in [5, 5.41) is 13.3. The van der Waals surface area contributed by atoms with Crippen LogP contribution in [-0.2, 0) is 5.54 Å². The van der Waals surface area contributed by atoms with E-state index in [9.17, 15) is 0 Å². The number of rotatable bonds is 4. The molecule has 1 aliphatic rings. The Kier molecular flexibility index (Phi) is 4.90. The maximum absolute atomic E-state index is 6.57. The van der Waals surface area contributed by atoms with Crippen molar-refractivity contribution in [2.45, 2.75) is 51.1 Å². The van der Waals surface area contributed by atoms with Crippen LogP contribution >= 0.6 is 0 Å². The van der Waals surface area contributed by atoms with Crippen molar-refractivity contribution in [2.75, 3.05) is 5.32 Å². The van der Waals surface area contributed by atoms with E-state index >= 15 is 0 Å². The van der Waals surface area contributed by atoms with Gasteiger partial charge in [-0.15, -0.1) is 10.2 Å². The van der Waals surface area contributed by atoms with Crippen LogP contribution in [0, 0.1) is 0 Å². The SMILES string of the molecule is CC(C)(C)Nc1nnc2c3cc(-c4ccccc4)c(-c4ccc(C5(N)CCC5)cc4)nc3ccn12. The number of aromatic nitrogens is 4. The topological polar surface area (TPSA) is 81.1 Å². The number of nitrogens with two attached hydrogens (primary N) is 1. The van der Waals surface area contributed by atoms with Crippen molar-refractivity contribution in [3.8, 4) is 22.4 Å². The molecule has 6 heteroatoms. The molecule has 2 aromatic carbocycles. The van der Waals surface area contributed by atoms with Crippen molar-refractivity contribution in [1.29, 1.82) is 0 Å². The normalized spacial score (nSPS) is 15.3. The Morgan fingerprint density at radius 2 is 1.66 bits per heavy atom. The molecule has 0 atom stereocenters. The number of nitrogens with one attached hydrogen (secondary N) is 1. The zero-order valence-electron chi connectivity index (χ0n) is 20.4. The fourth-order valence-electron chi connectivity index (χ4n) is 4.88. The summed E-state index contributed by atoms with van der Waals surface area (Å²) in [6, 6.07) is 23.3. The molecule has 0 saturated heterocycles. The van der Waals surface area contributed by atoms with Crippen LogP contribution in [0.4, 0.5) is 5.95 Å². The molecule has 6 nitrogen and oxygen atoms in total. The molecule has 1 fully saturated rings. The lowest BCUT2D eigenvalue weighted by molar-refractivity contribution is 0.253. The van der Waals surface area contributed by atoms with E-state index in [4.69, 9.17) is 10.7 Å². The van der Waals surface area contributed by atoms with Gasteiger partial charge in [0.2, 0.25) is 5.95 Å². The van der Waals surface area contributed by atoms with Gasteiger partial charge in [0.15, 0.2) is 5.65 Å². The van der Waals surface area contributed by atoms with Crippen LogP contribution in [0.1, 0.15) is 45.6 Å². The molecule has 3 N–H and O–H groups in total. The summed E-state index contributed by atoms with van der Waals surface area (Å²) < 4.78 is 2.00. The third-order valence-corrected chi connectivity index (χ3v) is 6.92. The van der Waals surface area contributed by atoms with Crippen molar-refractivity contribution in [3.05, 3.63) is 78.5 Å². The lowest BCUT2D eigenvalue weighted by Gasteiger charge is -2.38. The van der Waals surface area contributed by atoms with Crippen molar-refractivity contribution in [1.82, 2.24) is 19.6 Å². The lowest BCUT2D eigenvalue weighted by Crippen LogP contribution is -2.43. The van der Waals surface area contributed by atoms with Gasteiger partial charge in [0.05, 0.1) is 11.2 Å². The molecule has 0 bridgehead atoms. The van der Waals surface area contributed by atoms with Crippen molar-refractivity contribution >= 4 is 22.5 Å². The second-order valence-corrected chi connectivity index (χ2v) is 10.7. The van der Waals surface area contributed by atoms with Crippen molar-refractivity contribution in [2.24, 2.45) is 5.73 Å². The van der Waals surface area contributed by atoms with Crippen LogP contribution < -0.4 is 11.1 Å². The Hall–Kier alpha value is -3.77. The summed E-state index contributed by atoms with van der Waals surface area (Å²) in [7, 11) is 0. The standard InChI is InChI=1S/C29H30N6/c1-28(2,3)32-27-34-33-26-23-18-22(19-8-5-4-6-9-19)25(31-24(23)14-17-35(26)27)20-10-12-21(13-11-20)29(30)15-7-16-29/h4-6,8-14,17-18H,7,15-16,30H2,1-3H3,(H,32,34). The average Bonchev–Trinajstić information content (AvgIpc) is 3.24. The summed E-state index contributed by atoms with van der Waals surface area (Å²) in [4.78, 5) is 5.15. The average molecular weight is 463 g/mol. The first kappa shape index (κ1) is 21.7. The number of pyridine rings is 2. The van der Waals surface area contributed by atoms with Gasteiger partial charge in [-0.05, 0) is 63.3 Å².